The number of thiocarbonyl (C=S) groups is 2. The van der Waals surface area contributed by atoms with Crippen LogP contribution < -0.4 is 16.0 Å². The summed E-state index contributed by atoms with van der Waals surface area (Å²) in [5.41, 5.74) is 2.23. The lowest BCUT2D eigenvalue weighted by Gasteiger charge is -2.41. The molecule has 0 aromatic heterocycles. The number of ether oxygens (including phenoxy) is 2. The molecule has 43 heavy (non-hydrogen) atoms. The van der Waals surface area contributed by atoms with Gasteiger partial charge >= 0.3 is 11.9 Å². The van der Waals surface area contributed by atoms with Crippen LogP contribution in [0.5, 0.6) is 0 Å². The van der Waals surface area contributed by atoms with E-state index in [2.05, 4.69) is 70.4 Å². The molecular formula is C30H44N4O5S4. The van der Waals surface area contributed by atoms with Crippen molar-refractivity contribution in [1.29, 1.82) is 0 Å². The predicted molar refractivity (Wildman–Crippen MR) is 183 cm³/mol. The smallest absolute Gasteiger partial charge is 0.328 e. The number of piperidine rings is 1. The molecule has 238 valence electrons. The van der Waals surface area contributed by atoms with Crippen LogP contribution in [0.3, 0.4) is 0 Å². The molecule has 0 aliphatic carbocycles. The van der Waals surface area contributed by atoms with Crippen molar-refractivity contribution in [2.24, 2.45) is 5.92 Å². The van der Waals surface area contributed by atoms with Crippen LogP contribution in [0.2, 0.25) is 0 Å². The topological polar surface area (TPSA) is 109 Å². The second-order valence-corrected chi connectivity index (χ2v) is 13.7. The maximum atomic E-state index is 13.6. The molecule has 2 heterocycles. The first-order chi connectivity index (χ1) is 20.5. The van der Waals surface area contributed by atoms with Crippen molar-refractivity contribution in [1.82, 2.24) is 20.9 Å². The highest BCUT2D eigenvalue weighted by Crippen LogP contribution is 2.47. The molecule has 3 N–H and O–H groups in total. The summed E-state index contributed by atoms with van der Waals surface area (Å²) in [6.45, 7) is 3.30. The molecule has 1 amide bonds. The van der Waals surface area contributed by atoms with Crippen molar-refractivity contribution in [2.45, 2.75) is 88.4 Å². The molecule has 9 nitrogen and oxygen atoms in total. The molecule has 2 bridgehead atoms. The van der Waals surface area contributed by atoms with E-state index < -0.39 is 18.1 Å². The van der Waals surface area contributed by atoms with Crippen LogP contribution in [0.25, 0.3) is 0 Å². The minimum absolute atomic E-state index is 0.0461. The van der Waals surface area contributed by atoms with E-state index in [-0.39, 0.29) is 42.2 Å². The Morgan fingerprint density at radius 2 is 1.60 bits per heavy atom. The quantitative estimate of drug-likeness (QED) is 0.0823. The normalized spacial score (nSPS) is 23.6. The zero-order valence-corrected chi connectivity index (χ0v) is 28.5. The van der Waals surface area contributed by atoms with E-state index in [9.17, 15) is 14.4 Å². The fourth-order valence-corrected chi connectivity index (χ4v) is 6.65. The van der Waals surface area contributed by atoms with Crippen LogP contribution in [-0.4, -0.2) is 82.9 Å². The molecule has 2 saturated heterocycles. The summed E-state index contributed by atoms with van der Waals surface area (Å²) in [5.74, 6) is -1.31. The molecule has 0 saturated carbocycles. The van der Waals surface area contributed by atoms with Crippen molar-refractivity contribution in [3.63, 3.8) is 0 Å². The van der Waals surface area contributed by atoms with Crippen LogP contribution in [0.1, 0.15) is 68.4 Å². The van der Waals surface area contributed by atoms with E-state index in [0.29, 0.717) is 53.8 Å². The second-order valence-electron chi connectivity index (χ2n) is 11.3. The van der Waals surface area contributed by atoms with Crippen molar-refractivity contribution in [3.05, 3.63) is 35.4 Å². The number of likely N-dealkylation sites (N-methyl/N-ethyl adjacent to an activating group) is 1. The van der Waals surface area contributed by atoms with Crippen molar-refractivity contribution in [3.8, 4) is 0 Å². The lowest BCUT2D eigenvalue weighted by Crippen LogP contribution is -2.50. The minimum atomic E-state index is -0.770. The standard InChI is InChI=1S/C30H44N4O5S4/c1-18-10-12-19(13-11-18)20-16-22-24(17-23(34(22)2)26(20)28(37)38-3)39-27(36)21(8-4-6-14-31-29(40)41)33-25(35)9-5-7-15-32-30(42)43/h10-13,20-24,26H,4-9,14-17H2,1-3H3,(H,33,35)(H2,31,40,41)(H2,32,42,43)/t20-,21+,22?,23?,24?,26+/m1/s1. The number of benzene rings is 1. The molecule has 3 unspecified atom stereocenters. The van der Waals surface area contributed by atoms with E-state index >= 15 is 0 Å². The second kappa shape index (κ2) is 17.5. The van der Waals surface area contributed by atoms with Gasteiger partial charge in [-0.05, 0) is 58.1 Å². The Hall–Kier alpha value is -1.93. The van der Waals surface area contributed by atoms with Gasteiger partial charge in [-0.15, -0.1) is 25.3 Å². The maximum absolute atomic E-state index is 13.6. The number of fused-ring (bicyclic) bond motifs is 2. The number of nitrogens with one attached hydrogen (secondary N) is 3. The van der Waals surface area contributed by atoms with Gasteiger partial charge in [0.1, 0.15) is 20.8 Å². The third kappa shape index (κ3) is 10.6. The van der Waals surface area contributed by atoms with Crippen molar-refractivity contribution in [2.75, 3.05) is 27.2 Å². The first-order valence-corrected chi connectivity index (χ1v) is 16.5. The Balaban J connectivity index is 1.68. The van der Waals surface area contributed by atoms with Gasteiger partial charge in [0.05, 0.1) is 13.0 Å². The summed E-state index contributed by atoms with van der Waals surface area (Å²) in [7, 11) is 3.41. The summed E-state index contributed by atoms with van der Waals surface area (Å²) in [4.78, 5) is 41.6. The van der Waals surface area contributed by atoms with Crippen LogP contribution in [0, 0.1) is 12.8 Å². The number of carbonyl (C=O) groups is 3. The third-order valence-electron chi connectivity index (χ3n) is 8.46. The Bertz CT molecular complexity index is 1140. The molecule has 2 fully saturated rings. The zero-order valence-electron chi connectivity index (χ0n) is 25.0. The number of thiol groups is 2. The van der Waals surface area contributed by atoms with Gasteiger partial charge in [-0.1, -0.05) is 54.3 Å². The van der Waals surface area contributed by atoms with Gasteiger partial charge in [0, 0.05) is 43.9 Å². The molecule has 2 aliphatic rings. The van der Waals surface area contributed by atoms with Crippen LogP contribution in [0.15, 0.2) is 24.3 Å². The van der Waals surface area contributed by atoms with E-state index in [1.54, 1.807) is 0 Å². The summed E-state index contributed by atoms with van der Waals surface area (Å²) >= 11 is 18.0. The molecule has 3 rings (SSSR count). The lowest BCUT2D eigenvalue weighted by molar-refractivity contribution is -0.155. The monoisotopic (exact) mass is 668 g/mol. The highest BCUT2D eigenvalue weighted by Gasteiger charge is 2.55. The summed E-state index contributed by atoms with van der Waals surface area (Å²) in [6, 6.07) is 7.31. The number of hydrogen-bond acceptors (Lipinski definition) is 8. The van der Waals surface area contributed by atoms with Gasteiger partial charge in [0.2, 0.25) is 5.91 Å². The largest absolute Gasteiger partial charge is 0.469 e. The molecule has 13 heteroatoms. The fraction of sp³-hybridized carbons (Fsp3) is 0.633. The maximum Gasteiger partial charge on any atom is 0.328 e. The number of aryl methyl sites for hydroxylation is 1. The number of rotatable bonds is 15. The minimum Gasteiger partial charge on any atom is -0.469 e. The Morgan fingerprint density at radius 1 is 0.977 bits per heavy atom. The Morgan fingerprint density at radius 3 is 2.21 bits per heavy atom. The number of hydrogen-bond donors (Lipinski definition) is 5. The van der Waals surface area contributed by atoms with Crippen LogP contribution >= 0.6 is 49.7 Å². The summed E-state index contributed by atoms with van der Waals surface area (Å²) < 4.78 is 12.2. The molecule has 0 radical (unpaired) electrons. The SMILES string of the molecule is COC(=O)[C@@H]1C2CC(OC(=O)[C@H](CCCCNC(=S)S)NC(=O)CCCCNC(=S)S)C(C[C@@H]1c1ccc(C)cc1)N2C. The number of unbranched alkanes of at least 4 members (excludes halogenated alkanes) is 2. The number of amides is 1. The number of carbonyl (C=O) groups excluding carboxylic acids is 3. The van der Waals surface area contributed by atoms with E-state index in [0.717, 1.165) is 24.0 Å². The zero-order chi connectivity index (χ0) is 31.5. The first kappa shape index (κ1) is 35.5. The van der Waals surface area contributed by atoms with Crippen LogP contribution in [0.4, 0.5) is 0 Å². The third-order valence-corrected chi connectivity index (χ3v) is 9.07. The van der Waals surface area contributed by atoms with Crippen molar-refractivity contribution >= 4 is 76.2 Å². The average Bonchev–Trinajstić information content (AvgIpc) is 3.14. The predicted octanol–water partition coefficient (Wildman–Crippen LogP) is 3.69. The van der Waals surface area contributed by atoms with Gasteiger partial charge in [0.15, 0.2) is 0 Å². The van der Waals surface area contributed by atoms with Gasteiger partial charge < -0.3 is 25.4 Å². The molecule has 0 spiro atoms. The summed E-state index contributed by atoms with van der Waals surface area (Å²) in [6.07, 6.45) is 4.35. The van der Waals surface area contributed by atoms with Gasteiger partial charge in [-0.25, -0.2) is 4.79 Å². The molecular weight excluding hydrogens is 625 g/mol. The molecule has 2 aliphatic heterocycles. The van der Waals surface area contributed by atoms with Gasteiger partial charge in [-0.3, -0.25) is 14.5 Å². The number of nitrogens with zero attached hydrogens (tertiary/aromatic N) is 1. The van der Waals surface area contributed by atoms with E-state index in [4.69, 9.17) is 33.9 Å². The molecule has 1 aromatic carbocycles. The first-order valence-electron chi connectivity index (χ1n) is 14.8. The fourth-order valence-electron chi connectivity index (χ4n) is 6.23. The highest BCUT2D eigenvalue weighted by atomic mass is 32.1. The highest BCUT2D eigenvalue weighted by molar-refractivity contribution is 8.11. The van der Waals surface area contributed by atoms with Gasteiger partial charge in [0.25, 0.3) is 0 Å². The average molecular weight is 669 g/mol. The van der Waals surface area contributed by atoms with Crippen LogP contribution in [-0.2, 0) is 23.9 Å². The van der Waals surface area contributed by atoms with Crippen molar-refractivity contribution < 1.29 is 23.9 Å². The Labute approximate surface area is 276 Å². The molecule has 1 aromatic rings. The van der Waals surface area contributed by atoms with Gasteiger partial charge in [-0.2, -0.15) is 0 Å². The number of esters is 2. The summed E-state index contributed by atoms with van der Waals surface area (Å²) in [5, 5.41) is 8.86. The molecule has 6 atom stereocenters. The lowest BCUT2D eigenvalue weighted by atomic mass is 9.76. The number of methoxy groups -OCH3 is 1. The van der Waals surface area contributed by atoms with E-state index in [1.165, 1.54) is 7.11 Å². The van der Waals surface area contributed by atoms with E-state index in [1.807, 2.05) is 14.0 Å². The Kier molecular flexibility index (Phi) is 14.5.